The van der Waals surface area contributed by atoms with E-state index in [0.717, 1.165) is 43.7 Å². The van der Waals surface area contributed by atoms with E-state index in [4.69, 9.17) is 4.74 Å². The Balaban J connectivity index is 0.987. The summed E-state index contributed by atoms with van der Waals surface area (Å²) in [5, 5.41) is 8.43. The number of nitrogens with zero attached hydrogens (tertiary/aromatic N) is 4. The number of thiazole rings is 1. The highest BCUT2D eigenvalue weighted by Crippen LogP contribution is 2.87. The fourth-order valence-electron chi connectivity index (χ4n) is 8.49. The number of carbonyl (C=O) groups excluding carboxylic acids is 3. The second kappa shape index (κ2) is 9.85. The first-order valence-corrected chi connectivity index (χ1v) is 16.0. The monoisotopic (exact) mass is 598 g/mol. The third-order valence-electron chi connectivity index (χ3n) is 10.5. The number of rotatable bonds is 8. The van der Waals surface area contributed by atoms with Gasteiger partial charge in [-0.1, -0.05) is 6.07 Å². The fraction of sp³-hybridized carbons (Fsp3) is 0.469. The SMILES string of the molecule is CN1CCN(C(=O)c2cc(OCC(=O)NC34CC5CC6CC3(C4)C56)cc(C(=O)Nc3nc(-c4ccccn4)cs3)c2)CC1. The lowest BCUT2D eigenvalue weighted by atomic mass is 9.48. The van der Waals surface area contributed by atoms with E-state index in [0.29, 0.717) is 46.3 Å². The van der Waals surface area contributed by atoms with Crippen LogP contribution in [0.25, 0.3) is 11.4 Å². The quantitative estimate of drug-likeness (QED) is 0.408. The second-order valence-corrected chi connectivity index (χ2v) is 13.8. The molecule has 2 N–H and O–H groups in total. The minimum atomic E-state index is -0.413. The number of carbonyl (C=O) groups is 3. The predicted octanol–water partition coefficient (Wildman–Crippen LogP) is 3.53. The molecule has 5 atom stereocenters. The Labute approximate surface area is 253 Å². The van der Waals surface area contributed by atoms with Gasteiger partial charge in [0.05, 0.1) is 5.69 Å². The van der Waals surface area contributed by atoms with Gasteiger partial charge in [-0.15, -0.1) is 11.3 Å². The molecule has 10 nitrogen and oxygen atoms in total. The van der Waals surface area contributed by atoms with E-state index in [1.165, 1.54) is 24.2 Å². The van der Waals surface area contributed by atoms with Crippen LogP contribution in [0.2, 0.25) is 0 Å². The van der Waals surface area contributed by atoms with E-state index < -0.39 is 5.91 Å². The van der Waals surface area contributed by atoms with E-state index >= 15 is 0 Å². The normalized spacial score (nSPS) is 29.9. The molecule has 1 saturated heterocycles. The maximum Gasteiger partial charge on any atom is 0.258 e. The van der Waals surface area contributed by atoms with E-state index in [2.05, 4.69) is 25.5 Å². The summed E-state index contributed by atoms with van der Waals surface area (Å²) in [5.74, 6) is 2.08. The summed E-state index contributed by atoms with van der Waals surface area (Å²) in [6.07, 6.45) is 6.47. The molecule has 5 fully saturated rings. The highest BCUT2D eigenvalue weighted by atomic mass is 32.1. The molecular formula is C32H34N6O4S. The van der Waals surface area contributed by atoms with Crippen LogP contribution in [0.3, 0.4) is 0 Å². The predicted molar refractivity (Wildman–Crippen MR) is 161 cm³/mol. The highest BCUT2D eigenvalue weighted by Gasteiger charge is 2.86. The number of amides is 3. The molecule has 3 amide bonds. The van der Waals surface area contributed by atoms with E-state index in [-0.39, 0.29) is 29.5 Å². The van der Waals surface area contributed by atoms with Gasteiger partial charge in [-0.05, 0) is 86.2 Å². The number of piperazine rings is 1. The fourth-order valence-corrected chi connectivity index (χ4v) is 9.19. The van der Waals surface area contributed by atoms with Crippen molar-refractivity contribution < 1.29 is 19.1 Å². The first kappa shape index (κ1) is 26.8. The van der Waals surface area contributed by atoms with Crippen molar-refractivity contribution in [2.75, 3.05) is 45.2 Å². The van der Waals surface area contributed by atoms with Crippen molar-refractivity contribution in [3.05, 3.63) is 59.1 Å². The maximum atomic E-state index is 13.5. The molecule has 5 unspecified atom stereocenters. The van der Waals surface area contributed by atoms with Gasteiger partial charge in [0, 0.05) is 54.4 Å². The van der Waals surface area contributed by atoms with Gasteiger partial charge >= 0.3 is 0 Å². The Hall–Kier alpha value is -3.83. The molecular weight excluding hydrogens is 564 g/mol. The zero-order valence-electron chi connectivity index (χ0n) is 24.0. The van der Waals surface area contributed by atoms with Crippen molar-refractivity contribution in [2.24, 2.45) is 23.2 Å². The van der Waals surface area contributed by atoms with Crippen LogP contribution in [-0.2, 0) is 4.79 Å². The minimum absolute atomic E-state index is 0.0398. The van der Waals surface area contributed by atoms with Crippen LogP contribution in [0.1, 0.15) is 46.4 Å². The van der Waals surface area contributed by atoms with Crippen LogP contribution >= 0.6 is 11.3 Å². The van der Waals surface area contributed by atoms with Crippen molar-refractivity contribution in [3.8, 4) is 17.1 Å². The topological polar surface area (TPSA) is 117 Å². The molecule has 3 aromatic rings. The molecule has 2 aromatic heterocycles. The molecule has 1 aromatic carbocycles. The van der Waals surface area contributed by atoms with Gasteiger partial charge in [0.15, 0.2) is 11.7 Å². The average molecular weight is 599 g/mol. The molecule has 222 valence electrons. The van der Waals surface area contributed by atoms with Crippen LogP contribution in [0.15, 0.2) is 48.0 Å². The number of pyridine rings is 1. The number of hydrogen-bond acceptors (Lipinski definition) is 8. The Morgan fingerprint density at radius 3 is 2.63 bits per heavy atom. The van der Waals surface area contributed by atoms with Crippen LogP contribution in [-0.4, -0.2) is 82.9 Å². The molecule has 1 spiro atoms. The molecule has 1 aliphatic heterocycles. The van der Waals surface area contributed by atoms with Crippen LogP contribution in [0, 0.1) is 23.2 Å². The van der Waals surface area contributed by atoms with Gasteiger partial charge in [0.1, 0.15) is 11.4 Å². The van der Waals surface area contributed by atoms with E-state index in [1.54, 1.807) is 29.3 Å². The zero-order valence-corrected chi connectivity index (χ0v) is 24.9. The largest absolute Gasteiger partial charge is 0.484 e. The number of anilines is 1. The summed E-state index contributed by atoms with van der Waals surface area (Å²) in [6, 6.07) is 10.4. The first-order chi connectivity index (χ1) is 20.8. The number of hydrogen-bond donors (Lipinski definition) is 2. The lowest BCUT2D eigenvalue weighted by Crippen LogP contribution is -2.51. The molecule has 3 heterocycles. The third kappa shape index (κ3) is 4.43. The minimum Gasteiger partial charge on any atom is -0.484 e. The summed E-state index contributed by atoms with van der Waals surface area (Å²) in [6.45, 7) is 2.61. The Morgan fingerprint density at radius 2 is 1.86 bits per heavy atom. The maximum absolute atomic E-state index is 13.5. The Kier molecular flexibility index (Phi) is 6.13. The van der Waals surface area contributed by atoms with Crippen LogP contribution in [0.5, 0.6) is 5.75 Å². The van der Waals surface area contributed by atoms with Crippen LogP contribution < -0.4 is 15.4 Å². The molecule has 0 bridgehead atoms. The van der Waals surface area contributed by atoms with Crippen molar-refractivity contribution >= 4 is 34.2 Å². The van der Waals surface area contributed by atoms with Gasteiger partial charge in [-0.3, -0.25) is 24.7 Å². The summed E-state index contributed by atoms with van der Waals surface area (Å²) in [7, 11) is 2.03. The summed E-state index contributed by atoms with van der Waals surface area (Å²) in [4.78, 5) is 52.8. The molecule has 4 saturated carbocycles. The van der Waals surface area contributed by atoms with E-state index in [1.807, 2.05) is 30.6 Å². The number of likely N-dealkylation sites (N-methyl/N-ethyl adjacent to an activating group) is 1. The van der Waals surface area contributed by atoms with Crippen molar-refractivity contribution in [2.45, 2.75) is 31.2 Å². The van der Waals surface area contributed by atoms with Gasteiger partial charge in [-0.25, -0.2) is 4.98 Å². The molecule has 43 heavy (non-hydrogen) atoms. The van der Waals surface area contributed by atoms with E-state index in [9.17, 15) is 14.4 Å². The third-order valence-corrected chi connectivity index (χ3v) is 11.3. The molecule has 4 aliphatic carbocycles. The smallest absolute Gasteiger partial charge is 0.258 e. The Morgan fingerprint density at radius 1 is 1.05 bits per heavy atom. The number of aromatic nitrogens is 2. The lowest BCUT2D eigenvalue weighted by Gasteiger charge is -2.56. The van der Waals surface area contributed by atoms with Gasteiger partial charge in [-0.2, -0.15) is 0 Å². The second-order valence-electron chi connectivity index (χ2n) is 13.0. The Bertz CT molecular complexity index is 1620. The lowest BCUT2D eigenvalue weighted by molar-refractivity contribution is -0.124. The molecule has 5 aliphatic rings. The van der Waals surface area contributed by atoms with Crippen LogP contribution in [0.4, 0.5) is 5.13 Å². The zero-order chi connectivity index (χ0) is 29.3. The molecule has 0 radical (unpaired) electrons. The van der Waals surface area contributed by atoms with Gasteiger partial charge < -0.3 is 19.9 Å². The number of benzene rings is 1. The standard InChI is InChI=1S/C32H34N6O4S/c1-37-6-8-38(9-7-37)29(41)20-10-19(28(40)35-30-34-25(17-43-30)24-4-2-3-5-33-24)12-23(13-20)42-16-26(39)36-32-15-22-11-21-14-31(32,18-32)27(21)22/h2-5,10,12-13,17,21-22,27H,6-9,11,14-16,18H2,1H3,(H,36,39)(H,34,35,40). The molecule has 8 rings (SSSR count). The van der Waals surface area contributed by atoms with Gasteiger partial charge in [0.2, 0.25) is 0 Å². The highest BCUT2D eigenvalue weighted by molar-refractivity contribution is 7.14. The number of ether oxygens (including phenoxy) is 1. The molecule has 11 heteroatoms. The number of nitrogens with one attached hydrogen (secondary N) is 2. The average Bonchev–Trinajstić information content (AvgIpc) is 3.35. The van der Waals surface area contributed by atoms with Crippen molar-refractivity contribution in [1.82, 2.24) is 25.1 Å². The van der Waals surface area contributed by atoms with Gasteiger partial charge in [0.25, 0.3) is 17.7 Å². The summed E-state index contributed by atoms with van der Waals surface area (Å²) < 4.78 is 5.96. The summed E-state index contributed by atoms with van der Waals surface area (Å²) in [5.41, 5.74) is 2.31. The first-order valence-electron chi connectivity index (χ1n) is 15.1. The van der Waals surface area contributed by atoms with Crippen molar-refractivity contribution in [3.63, 3.8) is 0 Å². The van der Waals surface area contributed by atoms with Crippen molar-refractivity contribution in [1.29, 1.82) is 0 Å². The summed E-state index contributed by atoms with van der Waals surface area (Å²) >= 11 is 1.30.